The number of amides is 1. The number of benzene rings is 2. The van der Waals surface area contributed by atoms with Crippen LogP contribution in [0.1, 0.15) is 15.9 Å². The van der Waals surface area contributed by atoms with Crippen molar-refractivity contribution in [1.82, 2.24) is 4.98 Å². The van der Waals surface area contributed by atoms with Crippen LogP contribution in [0.15, 0.2) is 60.8 Å². The Balaban J connectivity index is 1.61. The lowest BCUT2D eigenvalue weighted by Crippen LogP contribution is -2.13. The predicted molar refractivity (Wildman–Crippen MR) is 109 cm³/mol. The maximum Gasteiger partial charge on any atom is 0.255 e. The number of carbonyl (C=O) groups excluding carboxylic acids is 1. The van der Waals surface area contributed by atoms with E-state index in [1.165, 1.54) is 13.2 Å². The molecule has 0 aliphatic rings. The van der Waals surface area contributed by atoms with E-state index in [1.54, 1.807) is 54.7 Å². The first-order chi connectivity index (χ1) is 13.6. The number of ether oxygens (including phenoxy) is 1. The van der Waals surface area contributed by atoms with Crippen molar-refractivity contribution in [2.45, 2.75) is 6.42 Å². The molecule has 0 unspecified atom stereocenters. The monoisotopic (exact) mass is 399 g/mol. The zero-order valence-corrected chi connectivity index (χ0v) is 16.0. The smallest absolute Gasteiger partial charge is 0.255 e. The first kappa shape index (κ1) is 19.6. The predicted octanol–water partition coefficient (Wildman–Crippen LogP) is 4.79. The Morgan fingerprint density at radius 2 is 2.00 bits per heavy atom. The van der Waals surface area contributed by atoms with Crippen LogP contribution in [0.5, 0.6) is 5.75 Å². The summed E-state index contributed by atoms with van der Waals surface area (Å²) in [5, 5.41) is 6.30. The third-order valence-electron chi connectivity index (χ3n) is 4.09. The second kappa shape index (κ2) is 9.19. The number of nitrogens with zero attached hydrogens (tertiary/aromatic N) is 1. The highest BCUT2D eigenvalue weighted by Crippen LogP contribution is 2.27. The van der Waals surface area contributed by atoms with Crippen molar-refractivity contribution in [2.75, 3.05) is 24.3 Å². The van der Waals surface area contributed by atoms with E-state index in [1.807, 2.05) is 0 Å². The normalized spacial score (nSPS) is 10.4. The van der Waals surface area contributed by atoms with Gasteiger partial charge in [0.2, 0.25) is 0 Å². The van der Waals surface area contributed by atoms with Crippen LogP contribution in [-0.4, -0.2) is 24.5 Å². The van der Waals surface area contributed by atoms with Gasteiger partial charge in [-0.25, -0.2) is 9.37 Å². The first-order valence-corrected chi connectivity index (χ1v) is 9.03. The van der Waals surface area contributed by atoms with E-state index in [0.717, 1.165) is 0 Å². The van der Waals surface area contributed by atoms with Gasteiger partial charge in [0.15, 0.2) is 0 Å². The topological polar surface area (TPSA) is 63.2 Å². The Morgan fingerprint density at radius 3 is 2.75 bits per heavy atom. The number of anilines is 2. The first-order valence-electron chi connectivity index (χ1n) is 8.65. The number of aromatic nitrogens is 1. The molecule has 1 aromatic heterocycles. The van der Waals surface area contributed by atoms with Gasteiger partial charge in [-0.2, -0.15) is 0 Å². The molecule has 1 amide bonds. The lowest BCUT2D eigenvalue weighted by Gasteiger charge is -2.10. The van der Waals surface area contributed by atoms with Crippen LogP contribution in [0, 0.1) is 5.82 Å². The van der Waals surface area contributed by atoms with E-state index in [4.69, 9.17) is 16.3 Å². The maximum atomic E-state index is 13.7. The van der Waals surface area contributed by atoms with Gasteiger partial charge in [-0.1, -0.05) is 29.8 Å². The summed E-state index contributed by atoms with van der Waals surface area (Å²) in [6.45, 7) is 0.493. The minimum absolute atomic E-state index is 0.233. The molecule has 0 spiro atoms. The van der Waals surface area contributed by atoms with Gasteiger partial charge in [-0.15, -0.1) is 0 Å². The molecule has 0 saturated heterocycles. The van der Waals surface area contributed by atoms with Gasteiger partial charge in [-0.05, 0) is 48.4 Å². The number of hydrogen-bond donors (Lipinski definition) is 2. The SMILES string of the molecule is COc1ccc(NC(=O)c2ccnc(NCCc3ccccc3F)c2)cc1Cl. The highest BCUT2D eigenvalue weighted by atomic mass is 35.5. The lowest BCUT2D eigenvalue weighted by atomic mass is 10.1. The van der Waals surface area contributed by atoms with E-state index in [2.05, 4.69) is 15.6 Å². The van der Waals surface area contributed by atoms with Gasteiger partial charge in [0.05, 0.1) is 12.1 Å². The number of halogens is 2. The fourth-order valence-electron chi connectivity index (χ4n) is 2.64. The van der Waals surface area contributed by atoms with E-state index < -0.39 is 0 Å². The van der Waals surface area contributed by atoms with Crippen LogP contribution in [-0.2, 0) is 6.42 Å². The van der Waals surface area contributed by atoms with Crippen LogP contribution >= 0.6 is 11.6 Å². The Hall–Kier alpha value is -3.12. The third kappa shape index (κ3) is 4.98. The Morgan fingerprint density at radius 1 is 1.18 bits per heavy atom. The summed E-state index contributed by atoms with van der Waals surface area (Å²) in [5.41, 5.74) is 1.62. The number of methoxy groups -OCH3 is 1. The molecule has 28 heavy (non-hydrogen) atoms. The Labute approximate surface area is 167 Å². The van der Waals surface area contributed by atoms with E-state index in [-0.39, 0.29) is 11.7 Å². The van der Waals surface area contributed by atoms with Crippen LogP contribution in [0.25, 0.3) is 0 Å². The summed E-state index contributed by atoms with van der Waals surface area (Å²) in [6, 6.07) is 14.9. The molecule has 0 saturated carbocycles. The molecule has 5 nitrogen and oxygen atoms in total. The quantitative estimate of drug-likeness (QED) is 0.599. The van der Waals surface area contributed by atoms with Crippen molar-refractivity contribution in [3.05, 3.63) is 82.8 Å². The molecule has 0 bridgehead atoms. The summed E-state index contributed by atoms with van der Waals surface area (Å²) in [5.74, 6) is 0.547. The Bertz CT molecular complexity index is 981. The average molecular weight is 400 g/mol. The van der Waals surface area contributed by atoms with Crippen molar-refractivity contribution in [3.8, 4) is 5.75 Å². The molecule has 1 heterocycles. The molecule has 2 aromatic carbocycles. The zero-order valence-electron chi connectivity index (χ0n) is 15.2. The molecule has 7 heteroatoms. The molecular formula is C21H19ClFN3O2. The maximum absolute atomic E-state index is 13.7. The van der Waals surface area contributed by atoms with Crippen LogP contribution in [0.4, 0.5) is 15.9 Å². The second-order valence-corrected chi connectivity index (χ2v) is 6.41. The van der Waals surface area contributed by atoms with Crippen molar-refractivity contribution in [2.24, 2.45) is 0 Å². The van der Waals surface area contributed by atoms with Crippen molar-refractivity contribution >= 4 is 29.0 Å². The van der Waals surface area contributed by atoms with Gasteiger partial charge >= 0.3 is 0 Å². The van der Waals surface area contributed by atoms with E-state index >= 15 is 0 Å². The fourth-order valence-corrected chi connectivity index (χ4v) is 2.90. The molecule has 2 N–H and O–H groups in total. The molecule has 3 aromatic rings. The number of carbonyl (C=O) groups is 1. The largest absolute Gasteiger partial charge is 0.495 e. The molecule has 144 valence electrons. The van der Waals surface area contributed by atoms with Gasteiger partial charge in [0.25, 0.3) is 5.91 Å². The van der Waals surface area contributed by atoms with Crippen molar-refractivity contribution in [3.63, 3.8) is 0 Å². The molecule has 3 rings (SSSR count). The number of rotatable bonds is 7. The van der Waals surface area contributed by atoms with Gasteiger partial charge in [-0.3, -0.25) is 4.79 Å². The summed E-state index contributed by atoms with van der Waals surface area (Å²) < 4.78 is 18.8. The molecule has 0 fully saturated rings. The van der Waals surface area contributed by atoms with Crippen LogP contribution < -0.4 is 15.4 Å². The molecule has 0 aliphatic heterocycles. The standard InChI is InChI=1S/C21H19ClFN3O2/c1-28-19-7-6-16(13-17(19)22)26-21(27)15-9-11-25-20(12-15)24-10-8-14-4-2-3-5-18(14)23/h2-7,9,11-13H,8,10H2,1H3,(H,24,25)(H,26,27). The van der Waals surface area contributed by atoms with Gasteiger partial charge < -0.3 is 15.4 Å². The number of hydrogen-bond acceptors (Lipinski definition) is 4. The highest BCUT2D eigenvalue weighted by molar-refractivity contribution is 6.32. The zero-order chi connectivity index (χ0) is 19.9. The minimum Gasteiger partial charge on any atom is -0.495 e. The molecular weight excluding hydrogens is 381 g/mol. The average Bonchev–Trinajstić information content (AvgIpc) is 2.70. The second-order valence-electron chi connectivity index (χ2n) is 6.00. The van der Waals surface area contributed by atoms with E-state index in [0.29, 0.717) is 46.4 Å². The van der Waals surface area contributed by atoms with Crippen LogP contribution in [0.2, 0.25) is 5.02 Å². The highest BCUT2D eigenvalue weighted by Gasteiger charge is 2.09. The fraction of sp³-hybridized carbons (Fsp3) is 0.143. The summed E-state index contributed by atoms with van der Waals surface area (Å²) in [7, 11) is 1.52. The lowest BCUT2D eigenvalue weighted by molar-refractivity contribution is 0.102. The summed E-state index contributed by atoms with van der Waals surface area (Å²) in [6.07, 6.45) is 2.05. The minimum atomic E-state index is -0.291. The number of nitrogens with one attached hydrogen (secondary N) is 2. The molecule has 0 atom stereocenters. The third-order valence-corrected chi connectivity index (χ3v) is 4.39. The van der Waals surface area contributed by atoms with E-state index in [9.17, 15) is 9.18 Å². The molecule has 0 radical (unpaired) electrons. The van der Waals surface area contributed by atoms with Crippen molar-refractivity contribution < 1.29 is 13.9 Å². The van der Waals surface area contributed by atoms with Crippen molar-refractivity contribution in [1.29, 1.82) is 0 Å². The van der Waals surface area contributed by atoms with Gasteiger partial charge in [0.1, 0.15) is 17.4 Å². The number of pyridine rings is 1. The summed E-state index contributed by atoms with van der Waals surface area (Å²) in [4.78, 5) is 16.7. The van der Waals surface area contributed by atoms with Gasteiger partial charge in [0, 0.05) is 24.0 Å². The summed E-state index contributed by atoms with van der Waals surface area (Å²) >= 11 is 6.08. The molecule has 0 aliphatic carbocycles. The van der Waals surface area contributed by atoms with Crippen LogP contribution in [0.3, 0.4) is 0 Å². The Kier molecular flexibility index (Phi) is 6.45.